The summed E-state index contributed by atoms with van der Waals surface area (Å²) in [6.45, 7) is 3.73. The molecule has 7 nitrogen and oxygen atoms in total. The number of benzene rings is 2. The number of hydrogen-bond donors (Lipinski definition) is 1. The van der Waals surface area contributed by atoms with Crippen LogP contribution in [-0.2, 0) is 14.8 Å². The number of likely N-dealkylation sites (tertiary alicyclic amines) is 1. The van der Waals surface area contributed by atoms with Gasteiger partial charge in [-0.2, -0.15) is 0 Å². The van der Waals surface area contributed by atoms with Crippen LogP contribution in [0.3, 0.4) is 0 Å². The van der Waals surface area contributed by atoms with Gasteiger partial charge in [0.25, 0.3) is 10.0 Å². The number of anilines is 1. The van der Waals surface area contributed by atoms with Crippen molar-refractivity contribution in [2.75, 3.05) is 32.0 Å². The first-order valence-corrected chi connectivity index (χ1v) is 10.9. The summed E-state index contributed by atoms with van der Waals surface area (Å²) in [7, 11) is -0.488. The van der Waals surface area contributed by atoms with Crippen LogP contribution in [0.1, 0.15) is 28.8 Å². The van der Waals surface area contributed by atoms with Crippen LogP contribution in [0.25, 0.3) is 0 Å². The molecule has 0 unspecified atom stereocenters. The number of nitrogens with one attached hydrogen (secondary N) is 1. The molecular weight excluding hydrogens is 392 g/mol. The SMILES string of the molecule is COC(=O)c1cc(S(=O)(=O)Nc2ccc(OC3CCN(C)CC3)cc2)ccc1C. The molecular formula is C21H26N2O5S. The molecule has 0 saturated carbocycles. The molecule has 0 amide bonds. The van der Waals surface area contributed by atoms with Crippen molar-refractivity contribution in [2.45, 2.75) is 30.8 Å². The van der Waals surface area contributed by atoms with Crippen LogP contribution >= 0.6 is 0 Å². The number of hydrogen-bond acceptors (Lipinski definition) is 6. The zero-order valence-electron chi connectivity index (χ0n) is 16.8. The highest BCUT2D eigenvalue weighted by atomic mass is 32.2. The minimum absolute atomic E-state index is 0.00449. The van der Waals surface area contributed by atoms with Crippen LogP contribution in [0.15, 0.2) is 47.4 Å². The standard InChI is InChI=1S/C21H26N2O5S/c1-15-4-9-19(14-20(15)21(24)27-3)29(25,26)22-16-5-7-17(8-6-16)28-18-10-12-23(2)13-11-18/h4-9,14,18,22H,10-13H2,1-3H3. The summed E-state index contributed by atoms with van der Waals surface area (Å²) < 4.78 is 38.7. The molecule has 8 heteroatoms. The van der Waals surface area contributed by atoms with E-state index in [2.05, 4.69) is 16.7 Å². The summed E-state index contributed by atoms with van der Waals surface area (Å²) in [6, 6.07) is 11.2. The Kier molecular flexibility index (Phi) is 6.44. The van der Waals surface area contributed by atoms with Gasteiger partial charge in [-0.15, -0.1) is 0 Å². The predicted octanol–water partition coefficient (Wildman–Crippen LogP) is 3.06. The van der Waals surface area contributed by atoms with Crippen molar-refractivity contribution in [3.63, 3.8) is 0 Å². The van der Waals surface area contributed by atoms with Crippen molar-refractivity contribution < 1.29 is 22.7 Å². The van der Waals surface area contributed by atoms with Gasteiger partial charge in [0, 0.05) is 18.8 Å². The molecule has 1 fully saturated rings. The number of ether oxygens (including phenoxy) is 2. The number of aryl methyl sites for hydroxylation is 1. The Morgan fingerprint density at radius 2 is 1.76 bits per heavy atom. The van der Waals surface area contributed by atoms with E-state index in [-0.39, 0.29) is 16.6 Å². The molecule has 0 atom stereocenters. The van der Waals surface area contributed by atoms with Gasteiger partial charge >= 0.3 is 5.97 Å². The van der Waals surface area contributed by atoms with Gasteiger partial charge in [-0.3, -0.25) is 4.72 Å². The van der Waals surface area contributed by atoms with E-state index < -0.39 is 16.0 Å². The number of nitrogens with zero attached hydrogens (tertiary/aromatic N) is 1. The van der Waals surface area contributed by atoms with Crippen LogP contribution < -0.4 is 9.46 Å². The number of carbonyl (C=O) groups is 1. The van der Waals surface area contributed by atoms with Crippen LogP contribution in [0, 0.1) is 6.92 Å². The van der Waals surface area contributed by atoms with Gasteiger partial charge in [0.1, 0.15) is 11.9 Å². The van der Waals surface area contributed by atoms with E-state index in [0.29, 0.717) is 17.0 Å². The molecule has 1 aliphatic rings. The number of methoxy groups -OCH3 is 1. The maximum absolute atomic E-state index is 12.7. The van der Waals surface area contributed by atoms with Crippen molar-refractivity contribution in [1.29, 1.82) is 0 Å². The van der Waals surface area contributed by atoms with Crippen molar-refractivity contribution in [3.05, 3.63) is 53.6 Å². The van der Waals surface area contributed by atoms with Crippen LogP contribution in [0.5, 0.6) is 5.75 Å². The monoisotopic (exact) mass is 418 g/mol. The summed E-state index contributed by atoms with van der Waals surface area (Å²) in [5.74, 6) is 0.140. The molecule has 2 aromatic carbocycles. The molecule has 0 bridgehead atoms. The Labute approximate surface area is 171 Å². The average molecular weight is 419 g/mol. The lowest BCUT2D eigenvalue weighted by Crippen LogP contribution is -2.35. The van der Waals surface area contributed by atoms with Crippen molar-refractivity contribution in [2.24, 2.45) is 0 Å². The molecule has 0 aliphatic carbocycles. The fraction of sp³-hybridized carbons (Fsp3) is 0.381. The predicted molar refractivity (Wildman–Crippen MR) is 111 cm³/mol. The summed E-state index contributed by atoms with van der Waals surface area (Å²) >= 11 is 0. The number of sulfonamides is 1. The second kappa shape index (κ2) is 8.84. The highest BCUT2D eigenvalue weighted by Gasteiger charge is 2.20. The summed E-state index contributed by atoms with van der Waals surface area (Å²) in [4.78, 5) is 14.1. The molecule has 0 radical (unpaired) electrons. The molecule has 156 valence electrons. The van der Waals surface area contributed by atoms with E-state index in [0.717, 1.165) is 25.9 Å². The zero-order chi connectivity index (χ0) is 21.0. The minimum Gasteiger partial charge on any atom is -0.490 e. The van der Waals surface area contributed by atoms with E-state index in [4.69, 9.17) is 9.47 Å². The molecule has 1 aliphatic heterocycles. The second-order valence-corrected chi connectivity index (χ2v) is 8.90. The number of piperidine rings is 1. The molecule has 1 N–H and O–H groups in total. The second-order valence-electron chi connectivity index (χ2n) is 7.22. The quantitative estimate of drug-likeness (QED) is 0.726. The average Bonchev–Trinajstić information content (AvgIpc) is 2.70. The first-order valence-electron chi connectivity index (χ1n) is 9.45. The van der Waals surface area contributed by atoms with Crippen LogP contribution in [0.4, 0.5) is 5.69 Å². The first-order chi connectivity index (χ1) is 13.8. The van der Waals surface area contributed by atoms with Crippen LogP contribution in [0.2, 0.25) is 0 Å². The minimum atomic E-state index is -3.84. The summed E-state index contributed by atoms with van der Waals surface area (Å²) in [6.07, 6.45) is 2.12. The smallest absolute Gasteiger partial charge is 0.338 e. The largest absolute Gasteiger partial charge is 0.490 e. The maximum Gasteiger partial charge on any atom is 0.338 e. The lowest BCUT2D eigenvalue weighted by atomic mass is 10.1. The third kappa shape index (κ3) is 5.27. The highest BCUT2D eigenvalue weighted by molar-refractivity contribution is 7.92. The normalized spacial score (nSPS) is 15.7. The number of esters is 1. The van der Waals surface area contributed by atoms with Crippen LogP contribution in [-0.4, -0.2) is 52.6 Å². The summed E-state index contributed by atoms with van der Waals surface area (Å²) in [5, 5.41) is 0. The van der Waals surface area contributed by atoms with E-state index in [1.165, 1.54) is 19.2 Å². The van der Waals surface area contributed by atoms with Gasteiger partial charge < -0.3 is 14.4 Å². The molecule has 1 heterocycles. The molecule has 0 aromatic heterocycles. The van der Waals surface area contributed by atoms with E-state index in [9.17, 15) is 13.2 Å². The third-order valence-corrected chi connectivity index (χ3v) is 6.38. The number of rotatable bonds is 6. The maximum atomic E-state index is 12.7. The topological polar surface area (TPSA) is 84.9 Å². The Bertz CT molecular complexity index is 965. The van der Waals surface area contributed by atoms with Crippen molar-refractivity contribution >= 4 is 21.7 Å². The molecule has 29 heavy (non-hydrogen) atoms. The third-order valence-electron chi connectivity index (χ3n) is 5.00. The van der Waals surface area contributed by atoms with Gasteiger partial charge in [-0.25, -0.2) is 13.2 Å². The Hall–Kier alpha value is -2.58. The summed E-state index contributed by atoms with van der Waals surface area (Å²) in [5.41, 5.74) is 1.28. The van der Waals surface area contributed by atoms with Gasteiger partial charge in [0.05, 0.1) is 17.6 Å². The Morgan fingerprint density at radius 1 is 1.10 bits per heavy atom. The Morgan fingerprint density at radius 3 is 2.38 bits per heavy atom. The van der Waals surface area contributed by atoms with Crippen molar-refractivity contribution in [1.82, 2.24) is 4.90 Å². The highest BCUT2D eigenvalue weighted by Crippen LogP contribution is 2.23. The lowest BCUT2D eigenvalue weighted by Gasteiger charge is -2.29. The molecule has 2 aromatic rings. The van der Waals surface area contributed by atoms with Gasteiger partial charge in [0.2, 0.25) is 0 Å². The molecule has 3 rings (SSSR count). The zero-order valence-corrected chi connectivity index (χ0v) is 17.7. The fourth-order valence-corrected chi connectivity index (χ4v) is 4.29. The lowest BCUT2D eigenvalue weighted by molar-refractivity contribution is 0.0599. The van der Waals surface area contributed by atoms with Gasteiger partial charge in [0.15, 0.2) is 0 Å². The fourth-order valence-electron chi connectivity index (χ4n) is 3.21. The van der Waals surface area contributed by atoms with E-state index in [1.807, 2.05) is 0 Å². The number of carbonyl (C=O) groups excluding carboxylic acids is 1. The van der Waals surface area contributed by atoms with Gasteiger partial charge in [-0.05, 0) is 68.8 Å². The van der Waals surface area contributed by atoms with Crippen molar-refractivity contribution in [3.8, 4) is 5.75 Å². The first kappa shape index (κ1) is 21.1. The van der Waals surface area contributed by atoms with E-state index >= 15 is 0 Å². The Balaban J connectivity index is 1.70. The van der Waals surface area contributed by atoms with E-state index in [1.54, 1.807) is 37.3 Å². The molecule has 1 saturated heterocycles. The molecule has 0 spiro atoms. The van der Waals surface area contributed by atoms with Gasteiger partial charge in [-0.1, -0.05) is 6.07 Å².